The summed E-state index contributed by atoms with van der Waals surface area (Å²) in [4.78, 5) is 11.1. The van der Waals surface area contributed by atoms with E-state index in [4.69, 9.17) is 16.9 Å². The predicted molar refractivity (Wildman–Crippen MR) is 61.2 cm³/mol. The number of nitrogens with one attached hydrogen (secondary N) is 1. The van der Waals surface area contributed by atoms with Crippen LogP contribution in [0, 0.1) is 5.41 Å². The van der Waals surface area contributed by atoms with E-state index in [0.29, 0.717) is 12.0 Å². The molecule has 0 aliphatic heterocycles. The molecular weight excluding hydrogens is 206 g/mol. The fourth-order valence-electron chi connectivity index (χ4n) is 1.31. The van der Waals surface area contributed by atoms with Gasteiger partial charge in [0.2, 0.25) is 0 Å². The summed E-state index contributed by atoms with van der Waals surface area (Å²) in [5.41, 5.74) is 12.5. The average Bonchev–Trinajstić information content (AvgIpc) is 2.28. The van der Waals surface area contributed by atoms with Crippen molar-refractivity contribution >= 4 is 11.8 Å². The molecular formula is C11H15N3O2. The third-order valence-corrected chi connectivity index (χ3v) is 2.22. The summed E-state index contributed by atoms with van der Waals surface area (Å²) in [6.07, 6.45) is 0.408. The third kappa shape index (κ3) is 3.06. The van der Waals surface area contributed by atoms with Crippen molar-refractivity contribution in [2.75, 3.05) is 7.11 Å². The van der Waals surface area contributed by atoms with E-state index >= 15 is 0 Å². The van der Waals surface area contributed by atoms with Crippen LogP contribution in [0.1, 0.15) is 11.1 Å². The number of methoxy groups -OCH3 is 1. The monoisotopic (exact) mass is 221 g/mol. The first-order valence-electron chi connectivity index (χ1n) is 4.81. The van der Waals surface area contributed by atoms with Crippen LogP contribution in [-0.4, -0.2) is 25.0 Å². The minimum atomic E-state index is -0.659. The minimum absolute atomic E-state index is 0.0174. The highest BCUT2D eigenvalue weighted by Crippen LogP contribution is 2.06. The van der Waals surface area contributed by atoms with E-state index in [0.717, 1.165) is 5.56 Å². The van der Waals surface area contributed by atoms with E-state index in [1.54, 1.807) is 24.3 Å². The molecule has 0 radical (unpaired) electrons. The Morgan fingerprint density at radius 1 is 1.44 bits per heavy atom. The minimum Gasteiger partial charge on any atom is -0.468 e. The summed E-state index contributed by atoms with van der Waals surface area (Å²) >= 11 is 0. The molecule has 0 aliphatic carbocycles. The van der Waals surface area contributed by atoms with Crippen molar-refractivity contribution in [2.24, 2.45) is 11.5 Å². The molecule has 0 aliphatic rings. The van der Waals surface area contributed by atoms with Gasteiger partial charge in [-0.15, -0.1) is 0 Å². The van der Waals surface area contributed by atoms with Crippen LogP contribution in [0.25, 0.3) is 0 Å². The Labute approximate surface area is 93.9 Å². The van der Waals surface area contributed by atoms with Crippen molar-refractivity contribution in [3.05, 3.63) is 35.4 Å². The Hall–Kier alpha value is -1.88. The number of nitrogens with two attached hydrogens (primary N) is 2. The number of ether oxygens (including phenoxy) is 1. The molecule has 1 aromatic carbocycles. The highest BCUT2D eigenvalue weighted by Gasteiger charge is 2.13. The summed E-state index contributed by atoms with van der Waals surface area (Å²) in [5.74, 6) is -0.417. The Bertz CT molecular complexity index is 387. The molecule has 86 valence electrons. The quantitative estimate of drug-likeness (QED) is 0.378. The molecule has 1 rings (SSSR count). The molecule has 5 N–H and O–H groups in total. The molecule has 5 nitrogen and oxygen atoms in total. The Morgan fingerprint density at radius 2 is 2.00 bits per heavy atom. The van der Waals surface area contributed by atoms with Crippen molar-refractivity contribution in [1.82, 2.24) is 0 Å². The lowest BCUT2D eigenvalue weighted by molar-refractivity contribution is -0.142. The Morgan fingerprint density at radius 3 is 2.44 bits per heavy atom. The first kappa shape index (κ1) is 12.2. The first-order valence-corrected chi connectivity index (χ1v) is 4.81. The van der Waals surface area contributed by atoms with Crippen molar-refractivity contribution in [3.63, 3.8) is 0 Å². The van der Waals surface area contributed by atoms with E-state index in [1.807, 2.05) is 0 Å². The van der Waals surface area contributed by atoms with Crippen LogP contribution in [0.15, 0.2) is 24.3 Å². The van der Waals surface area contributed by atoms with Crippen LogP contribution >= 0.6 is 0 Å². The lowest BCUT2D eigenvalue weighted by Crippen LogP contribution is -2.33. The summed E-state index contributed by atoms with van der Waals surface area (Å²) in [6, 6.07) is 6.37. The van der Waals surface area contributed by atoms with Crippen LogP contribution in [0.3, 0.4) is 0 Å². The molecule has 0 aromatic heterocycles. The number of nitrogen functional groups attached to an aromatic ring is 1. The van der Waals surface area contributed by atoms with Gasteiger partial charge in [0.1, 0.15) is 11.9 Å². The Kier molecular flexibility index (Phi) is 4.02. The second kappa shape index (κ2) is 5.27. The zero-order chi connectivity index (χ0) is 12.1. The molecule has 0 bridgehead atoms. The highest BCUT2D eigenvalue weighted by molar-refractivity contribution is 5.94. The highest BCUT2D eigenvalue weighted by atomic mass is 16.5. The van der Waals surface area contributed by atoms with E-state index < -0.39 is 12.0 Å². The van der Waals surface area contributed by atoms with Gasteiger partial charge in [-0.1, -0.05) is 24.3 Å². The fourth-order valence-corrected chi connectivity index (χ4v) is 1.31. The topological polar surface area (TPSA) is 102 Å². The van der Waals surface area contributed by atoms with Crippen LogP contribution in [0.4, 0.5) is 0 Å². The van der Waals surface area contributed by atoms with Crippen LogP contribution in [-0.2, 0) is 16.0 Å². The summed E-state index contributed by atoms with van der Waals surface area (Å²) in [5, 5.41) is 7.22. The largest absolute Gasteiger partial charge is 0.468 e. The smallest absolute Gasteiger partial charge is 0.322 e. The second-order valence-corrected chi connectivity index (χ2v) is 3.44. The van der Waals surface area contributed by atoms with E-state index in [2.05, 4.69) is 4.74 Å². The van der Waals surface area contributed by atoms with Gasteiger partial charge in [-0.2, -0.15) is 0 Å². The molecule has 0 unspecified atom stereocenters. The molecule has 0 spiro atoms. The van der Waals surface area contributed by atoms with Crippen molar-refractivity contribution < 1.29 is 9.53 Å². The second-order valence-electron chi connectivity index (χ2n) is 3.44. The van der Waals surface area contributed by atoms with Crippen LogP contribution < -0.4 is 11.5 Å². The van der Waals surface area contributed by atoms with Crippen molar-refractivity contribution in [1.29, 1.82) is 5.41 Å². The van der Waals surface area contributed by atoms with Gasteiger partial charge < -0.3 is 16.2 Å². The van der Waals surface area contributed by atoms with Crippen LogP contribution in [0.5, 0.6) is 0 Å². The van der Waals surface area contributed by atoms with Gasteiger partial charge in [0.15, 0.2) is 0 Å². The number of hydrogen-bond donors (Lipinski definition) is 3. The molecule has 0 heterocycles. The lowest BCUT2D eigenvalue weighted by Gasteiger charge is -2.09. The van der Waals surface area contributed by atoms with Crippen molar-refractivity contribution in [2.45, 2.75) is 12.5 Å². The van der Waals surface area contributed by atoms with Gasteiger partial charge in [0.25, 0.3) is 0 Å². The fraction of sp³-hybridized carbons (Fsp3) is 0.273. The average molecular weight is 221 g/mol. The number of hydrogen-bond acceptors (Lipinski definition) is 4. The van der Waals surface area contributed by atoms with Gasteiger partial charge in [0.05, 0.1) is 7.11 Å². The molecule has 0 fully saturated rings. The van der Waals surface area contributed by atoms with Gasteiger partial charge in [-0.05, 0) is 12.0 Å². The van der Waals surface area contributed by atoms with Gasteiger partial charge >= 0.3 is 5.97 Å². The summed E-state index contributed by atoms with van der Waals surface area (Å²) in [6.45, 7) is 0. The molecule has 1 aromatic rings. The predicted octanol–water partition coefficient (Wildman–Crippen LogP) is 0.0135. The van der Waals surface area contributed by atoms with Gasteiger partial charge in [-0.25, -0.2) is 0 Å². The van der Waals surface area contributed by atoms with E-state index in [1.165, 1.54) is 7.11 Å². The lowest BCUT2D eigenvalue weighted by atomic mass is 10.0. The van der Waals surface area contributed by atoms with E-state index in [9.17, 15) is 4.79 Å². The molecule has 5 heteroatoms. The molecule has 16 heavy (non-hydrogen) atoms. The Balaban J connectivity index is 2.68. The first-order chi connectivity index (χ1) is 7.54. The standard InChI is InChI=1S/C11H15N3O2/c1-16-11(15)9(12)6-7-2-4-8(5-3-7)10(13)14/h2-5,9H,6,12H2,1H3,(H3,13,14)/t9-/m0/s1. The zero-order valence-electron chi connectivity index (χ0n) is 9.07. The van der Waals surface area contributed by atoms with Crippen molar-refractivity contribution in [3.8, 4) is 0 Å². The maximum atomic E-state index is 11.1. The van der Waals surface area contributed by atoms with Gasteiger partial charge in [0, 0.05) is 5.56 Å². The maximum Gasteiger partial charge on any atom is 0.322 e. The number of esters is 1. The molecule has 0 saturated heterocycles. The number of carbonyl (C=O) groups is 1. The molecule has 0 amide bonds. The number of benzene rings is 1. The number of rotatable bonds is 4. The molecule has 1 atom stereocenters. The van der Waals surface area contributed by atoms with Crippen LogP contribution in [0.2, 0.25) is 0 Å². The third-order valence-electron chi connectivity index (χ3n) is 2.22. The normalized spacial score (nSPS) is 11.9. The summed E-state index contributed by atoms with van der Waals surface area (Å²) in [7, 11) is 1.31. The summed E-state index contributed by atoms with van der Waals surface area (Å²) < 4.78 is 4.53. The maximum absolute atomic E-state index is 11.1. The number of carbonyl (C=O) groups excluding carboxylic acids is 1. The number of amidine groups is 1. The zero-order valence-corrected chi connectivity index (χ0v) is 9.07. The molecule has 0 saturated carbocycles. The van der Waals surface area contributed by atoms with E-state index in [-0.39, 0.29) is 5.84 Å². The SMILES string of the molecule is COC(=O)[C@@H](N)Cc1ccc(C(=N)N)cc1. The van der Waals surface area contributed by atoms with Gasteiger partial charge in [-0.3, -0.25) is 10.2 Å².